The molecule has 1 N–H and O–H groups in total. The molecule has 1 saturated heterocycles. The summed E-state index contributed by atoms with van der Waals surface area (Å²) in [5.41, 5.74) is 0.988. The van der Waals surface area contributed by atoms with Crippen molar-refractivity contribution in [3.8, 4) is 0 Å². The zero-order valence-corrected chi connectivity index (χ0v) is 12.4. The van der Waals surface area contributed by atoms with E-state index in [1.165, 1.54) is 6.07 Å². The average Bonchev–Trinajstić information content (AvgIpc) is 2.95. The van der Waals surface area contributed by atoms with E-state index in [9.17, 15) is 4.39 Å². The molecular weight excluding hydrogens is 325 g/mol. The zero-order chi connectivity index (χ0) is 13.9. The van der Waals surface area contributed by atoms with Crippen molar-refractivity contribution in [1.82, 2.24) is 14.9 Å². The number of halogens is 2. The van der Waals surface area contributed by atoms with Crippen LogP contribution in [-0.4, -0.2) is 34.6 Å². The van der Waals surface area contributed by atoms with E-state index < -0.39 is 0 Å². The Labute approximate surface area is 125 Å². The summed E-state index contributed by atoms with van der Waals surface area (Å²) in [7, 11) is 0. The Kier molecular flexibility index (Phi) is 4.14. The molecule has 2 aromatic rings. The predicted molar refractivity (Wildman–Crippen MR) is 76.7 cm³/mol. The minimum atomic E-state index is -0.253. The van der Waals surface area contributed by atoms with Crippen molar-refractivity contribution in [3.05, 3.63) is 52.3 Å². The molecule has 1 aromatic carbocycles. The molecule has 0 aliphatic carbocycles. The Morgan fingerprint density at radius 3 is 3.15 bits per heavy atom. The molecule has 106 valence electrons. The highest BCUT2D eigenvalue weighted by molar-refractivity contribution is 9.10. The first-order valence-corrected chi connectivity index (χ1v) is 7.29. The number of hydrogen-bond acceptors (Lipinski definition) is 3. The van der Waals surface area contributed by atoms with Gasteiger partial charge in [-0.25, -0.2) is 9.37 Å². The molecule has 0 radical (unpaired) electrons. The van der Waals surface area contributed by atoms with Crippen LogP contribution in [0.1, 0.15) is 17.5 Å². The fourth-order valence-corrected chi connectivity index (χ4v) is 2.75. The van der Waals surface area contributed by atoms with Crippen LogP contribution in [0.4, 0.5) is 4.39 Å². The Hall–Kier alpha value is -1.24. The number of ether oxygens (including phenoxy) is 1. The van der Waals surface area contributed by atoms with Crippen LogP contribution < -0.4 is 0 Å². The standard InChI is InChI=1S/C14H15BrFN3O/c15-11-7-10(1-2-12(11)16)13-8-19(5-6-20-13)9-14-17-3-4-18-14/h1-4,7,13H,5-6,8-9H2,(H,17,18)/t13-/m0/s1. The molecule has 20 heavy (non-hydrogen) atoms. The number of H-pyrrole nitrogens is 1. The van der Waals surface area contributed by atoms with Gasteiger partial charge >= 0.3 is 0 Å². The van der Waals surface area contributed by atoms with E-state index in [1.807, 2.05) is 6.20 Å². The fraction of sp³-hybridized carbons (Fsp3) is 0.357. The SMILES string of the molecule is Fc1ccc([C@@H]2CN(Cc3ncc[nH]3)CCO2)cc1Br. The monoisotopic (exact) mass is 339 g/mol. The molecule has 0 spiro atoms. The Morgan fingerprint density at radius 2 is 2.40 bits per heavy atom. The number of hydrogen-bond donors (Lipinski definition) is 1. The lowest BCUT2D eigenvalue weighted by molar-refractivity contribution is -0.0336. The maximum absolute atomic E-state index is 13.3. The lowest BCUT2D eigenvalue weighted by Crippen LogP contribution is -2.38. The van der Waals surface area contributed by atoms with Gasteiger partial charge in [-0.15, -0.1) is 0 Å². The first kappa shape index (κ1) is 13.7. The second-order valence-corrected chi connectivity index (χ2v) is 5.66. The van der Waals surface area contributed by atoms with Crippen LogP contribution in [0.2, 0.25) is 0 Å². The lowest BCUT2D eigenvalue weighted by Gasteiger charge is -2.32. The maximum atomic E-state index is 13.3. The fourth-order valence-electron chi connectivity index (χ4n) is 2.36. The summed E-state index contributed by atoms with van der Waals surface area (Å²) in [6, 6.07) is 5.03. The molecule has 3 rings (SSSR count). The van der Waals surface area contributed by atoms with Crippen molar-refractivity contribution in [2.24, 2.45) is 0 Å². The van der Waals surface area contributed by atoms with Gasteiger partial charge in [0.2, 0.25) is 0 Å². The first-order chi connectivity index (χ1) is 9.72. The minimum absolute atomic E-state index is 0.0318. The molecular formula is C14H15BrFN3O. The van der Waals surface area contributed by atoms with Gasteiger partial charge in [0, 0.05) is 25.5 Å². The van der Waals surface area contributed by atoms with Crippen LogP contribution >= 0.6 is 15.9 Å². The van der Waals surface area contributed by atoms with Crippen LogP contribution in [0, 0.1) is 5.82 Å². The number of aromatic nitrogens is 2. The third-order valence-corrected chi connectivity index (χ3v) is 4.00. The number of aromatic amines is 1. The predicted octanol–water partition coefficient (Wildman–Crippen LogP) is 2.88. The first-order valence-electron chi connectivity index (χ1n) is 6.49. The van der Waals surface area contributed by atoms with Crippen molar-refractivity contribution in [2.75, 3.05) is 19.7 Å². The molecule has 1 aliphatic heterocycles. The molecule has 2 heterocycles. The van der Waals surface area contributed by atoms with Gasteiger partial charge in [0.1, 0.15) is 11.6 Å². The van der Waals surface area contributed by atoms with E-state index >= 15 is 0 Å². The van der Waals surface area contributed by atoms with E-state index in [1.54, 1.807) is 18.3 Å². The van der Waals surface area contributed by atoms with Crippen LogP contribution in [0.25, 0.3) is 0 Å². The summed E-state index contributed by atoms with van der Waals surface area (Å²) in [6.07, 6.45) is 3.55. The van der Waals surface area contributed by atoms with E-state index in [2.05, 4.69) is 30.8 Å². The van der Waals surface area contributed by atoms with Crippen molar-refractivity contribution in [3.63, 3.8) is 0 Å². The summed E-state index contributed by atoms with van der Waals surface area (Å²) in [4.78, 5) is 9.63. The van der Waals surface area contributed by atoms with Crippen LogP contribution in [-0.2, 0) is 11.3 Å². The van der Waals surface area contributed by atoms with Gasteiger partial charge < -0.3 is 9.72 Å². The minimum Gasteiger partial charge on any atom is -0.371 e. The molecule has 1 fully saturated rings. The van der Waals surface area contributed by atoms with Crippen molar-refractivity contribution >= 4 is 15.9 Å². The van der Waals surface area contributed by atoms with E-state index in [0.717, 1.165) is 31.0 Å². The number of imidazole rings is 1. The van der Waals surface area contributed by atoms with Gasteiger partial charge in [-0.05, 0) is 33.6 Å². The van der Waals surface area contributed by atoms with Gasteiger partial charge in [0.25, 0.3) is 0 Å². The summed E-state index contributed by atoms with van der Waals surface area (Å²) in [6.45, 7) is 3.09. The quantitative estimate of drug-likeness (QED) is 0.934. The zero-order valence-electron chi connectivity index (χ0n) is 10.9. The molecule has 4 nitrogen and oxygen atoms in total. The Balaban J connectivity index is 1.69. The molecule has 0 bridgehead atoms. The summed E-state index contributed by atoms with van der Waals surface area (Å²) in [5, 5.41) is 0. The van der Waals surface area contributed by atoms with Crippen molar-refractivity contribution in [1.29, 1.82) is 0 Å². The third kappa shape index (κ3) is 3.08. The summed E-state index contributed by atoms with van der Waals surface area (Å²) >= 11 is 3.22. The lowest BCUT2D eigenvalue weighted by atomic mass is 10.1. The highest BCUT2D eigenvalue weighted by atomic mass is 79.9. The normalized spacial score (nSPS) is 20.2. The summed E-state index contributed by atoms with van der Waals surface area (Å²) in [5.74, 6) is 0.697. The second kappa shape index (κ2) is 6.03. The Bertz CT molecular complexity index is 576. The van der Waals surface area contributed by atoms with Crippen LogP contribution in [0.3, 0.4) is 0 Å². The van der Waals surface area contributed by atoms with Crippen molar-refractivity contribution < 1.29 is 9.13 Å². The maximum Gasteiger partial charge on any atom is 0.137 e. The molecule has 0 saturated carbocycles. The van der Waals surface area contributed by atoms with Crippen LogP contribution in [0.15, 0.2) is 35.1 Å². The summed E-state index contributed by atoms with van der Waals surface area (Å²) < 4.78 is 19.6. The molecule has 1 atom stereocenters. The molecule has 6 heteroatoms. The van der Waals surface area contributed by atoms with E-state index in [-0.39, 0.29) is 11.9 Å². The molecule has 0 amide bonds. The van der Waals surface area contributed by atoms with Gasteiger partial charge in [0.05, 0.1) is 23.7 Å². The Morgan fingerprint density at radius 1 is 1.50 bits per heavy atom. The number of benzene rings is 1. The molecule has 1 aliphatic rings. The van der Waals surface area contributed by atoms with Gasteiger partial charge in [-0.3, -0.25) is 4.90 Å². The van der Waals surface area contributed by atoms with Gasteiger partial charge in [-0.1, -0.05) is 6.07 Å². The number of nitrogens with zero attached hydrogens (tertiary/aromatic N) is 2. The number of morpholine rings is 1. The van der Waals surface area contributed by atoms with E-state index in [4.69, 9.17) is 4.74 Å². The highest BCUT2D eigenvalue weighted by Crippen LogP contribution is 2.26. The van der Waals surface area contributed by atoms with Gasteiger partial charge in [0.15, 0.2) is 0 Å². The molecule has 0 unspecified atom stereocenters. The topological polar surface area (TPSA) is 41.2 Å². The van der Waals surface area contributed by atoms with E-state index in [0.29, 0.717) is 11.1 Å². The van der Waals surface area contributed by atoms with Crippen LogP contribution in [0.5, 0.6) is 0 Å². The largest absolute Gasteiger partial charge is 0.371 e. The molecule has 1 aromatic heterocycles. The third-order valence-electron chi connectivity index (χ3n) is 3.39. The second-order valence-electron chi connectivity index (χ2n) is 4.80. The highest BCUT2D eigenvalue weighted by Gasteiger charge is 2.23. The average molecular weight is 340 g/mol. The number of rotatable bonds is 3. The van der Waals surface area contributed by atoms with Crippen molar-refractivity contribution in [2.45, 2.75) is 12.6 Å². The van der Waals surface area contributed by atoms with Gasteiger partial charge in [-0.2, -0.15) is 0 Å². The number of nitrogens with one attached hydrogen (secondary N) is 1. The smallest absolute Gasteiger partial charge is 0.137 e.